The molecule has 0 amide bonds. The molecule has 0 atom stereocenters. The van der Waals surface area contributed by atoms with Gasteiger partial charge >= 0.3 is 0 Å². The van der Waals surface area contributed by atoms with Gasteiger partial charge in [-0.2, -0.15) is 0 Å². The first kappa shape index (κ1) is 13.5. The Morgan fingerprint density at radius 3 is 2.47 bits per heavy atom. The highest BCUT2D eigenvalue weighted by atomic mass is 14.8. The second kappa shape index (κ2) is 6.28. The number of hydrogen-bond acceptors (Lipinski definition) is 2. The van der Waals surface area contributed by atoms with E-state index in [0.717, 1.165) is 35.6 Å². The van der Waals surface area contributed by atoms with Gasteiger partial charge in [0.05, 0.1) is 11.4 Å². The van der Waals surface area contributed by atoms with Crippen LogP contribution >= 0.6 is 0 Å². The first-order valence-electron chi connectivity index (χ1n) is 6.67. The number of aliphatic imine (C=N–C) groups is 1. The van der Waals surface area contributed by atoms with Crippen LogP contribution in [0.15, 0.2) is 47.5 Å². The highest BCUT2D eigenvalue weighted by Crippen LogP contribution is 2.17. The second-order valence-corrected chi connectivity index (χ2v) is 4.89. The smallest absolute Gasteiger partial charge is 0.0841 e. The van der Waals surface area contributed by atoms with Crippen LogP contribution in [0.2, 0.25) is 0 Å². The van der Waals surface area contributed by atoms with Crippen LogP contribution in [0.3, 0.4) is 0 Å². The van der Waals surface area contributed by atoms with Gasteiger partial charge in [0, 0.05) is 11.4 Å². The van der Waals surface area contributed by atoms with E-state index in [1.807, 2.05) is 32.0 Å². The molecule has 19 heavy (non-hydrogen) atoms. The van der Waals surface area contributed by atoms with Crippen molar-refractivity contribution in [1.29, 1.82) is 0 Å². The zero-order valence-electron chi connectivity index (χ0n) is 11.9. The van der Waals surface area contributed by atoms with Crippen LogP contribution in [0.25, 0.3) is 0 Å². The average Bonchev–Trinajstić information content (AvgIpc) is 2.41. The summed E-state index contributed by atoms with van der Waals surface area (Å²) < 4.78 is 0. The topological polar surface area (TPSA) is 25.2 Å². The van der Waals surface area contributed by atoms with Crippen LogP contribution in [0, 0.1) is 13.8 Å². The van der Waals surface area contributed by atoms with Crippen molar-refractivity contribution in [2.24, 2.45) is 4.99 Å². The molecule has 0 unspecified atom stereocenters. The first-order chi connectivity index (χ1) is 9.15. The standard InChI is InChI=1S/C17H20N2/c1-13-10-12-17(15(3)18-13)19-14(2)9-11-16-7-5-4-6-8-16/h4-8,10,12H,9,11H2,1-3H3. The van der Waals surface area contributed by atoms with Crippen LogP contribution < -0.4 is 0 Å². The second-order valence-electron chi connectivity index (χ2n) is 4.89. The Kier molecular flexibility index (Phi) is 4.45. The fourth-order valence-electron chi connectivity index (χ4n) is 2.03. The summed E-state index contributed by atoms with van der Waals surface area (Å²) in [7, 11) is 0. The Morgan fingerprint density at radius 1 is 1.05 bits per heavy atom. The Labute approximate surface area is 115 Å². The molecule has 0 N–H and O–H groups in total. The third-order valence-electron chi connectivity index (χ3n) is 3.13. The van der Waals surface area contributed by atoms with E-state index in [4.69, 9.17) is 0 Å². The molecule has 0 aliphatic heterocycles. The summed E-state index contributed by atoms with van der Waals surface area (Å²) in [4.78, 5) is 9.11. The number of benzene rings is 1. The van der Waals surface area contributed by atoms with E-state index in [2.05, 4.69) is 41.2 Å². The molecule has 2 nitrogen and oxygen atoms in total. The normalized spacial score (nSPS) is 11.6. The zero-order chi connectivity index (χ0) is 13.7. The van der Waals surface area contributed by atoms with Crippen LogP contribution in [0.1, 0.15) is 30.3 Å². The van der Waals surface area contributed by atoms with E-state index in [1.165, 1.54) is 5.56 Å². The Morgan fingerprint density at radius 2 is 1.79 bits per heavy atom. The van der Waals surface area contributed by atoms with Gasteiger partial charge in [-0.3, -0.25) is 9.98 Å². The molecule has 2 aromatic rings. The molecule has 0 radical (unpaired) electrons. The molecule has 0 saturated heterocycles. The van der Waals surface area contributed by atoms with Crippen molar-refractivity contribution >= 4 is 11.4 Å². The van der Waals surface area contributed by atoms with E-state index in [9.17, 15) is 0 Å². The summed E-state index contributed by atoms with van der Waals surface area (Å²) >= 11 is 0. The summed E-state index contributed by atoms with van der Waals surface area (Å²) in [5.41, 5.74) is 5.53. The lowest BCUT2D eigenvalue weighted by Gasteiger charge is -2.04. The molecule has 0 saturated carbocycles. The molecule has 98 valence electrons. The summed E-state index contributed by atoms with van der Waals surface area (Å²) in [5, 5.41) is 0. The number of aromatic nitrogens is 1. The zero-order valence-corrected chi connectivity index (χ0v) is 11.9. The molecule has 1 aromatic heterocycles. The molecule has 0 fully saturated rings. The van der Waals surface area contributed by atoms with Crippen molar-refractivity contribution in [1.82, 2.24) is 4.98 Å². The fourth-order valence-corrected chi connectivity index (χ4v) is 2.03. The van der Waals surface area contributed by atoms with Gasteiger partial charge in [-0.1, -0.05) is 30.3 Å². The van der Waals surface area contributed by atoms with Crippen LogP contribution in [0.5, 0.6) is 0 Å². The molecule has 2 heteroatoms. The maximum atomic E-state index is 4.67. The van der Waals surface area contributed by atoms with Gasteiger partial charge in [0.15, 0.2) is 0 Å². The maximum absolute atomic E-state index is 4.67. The van der Waals surface area contributed by atoms with E-state index in [0.29, 0.717) is 0 Å². The lowest BCUT2D eigenvalue weighted by molar-refractivity contribution is 1.03. The summed E-state index contributed by atoms with van der Waals surface area (Å²) in [6, 6.07) is 14.6. The first-order valence-corrected chi connectivity index (χ1v) is 6.67. The van der Waals surface area contributed by atoms with Gasteiger partial charge in [0.2, 0.25) is 0 Å². The fraction of sp³-hybridized carbons (Fsp3) is 0.294. The molecular weight excluding hydrogens is 232 g/mol. The minimum atomic E-state index is 0.983. The van der Waals surface area contributed by atoms with E-state index in [-0.39, 0.29) is 0 Å². The van der Waals surface area contributed by atoms with Gasteiger partial charge in [0.25, 0.3) is 0 Å². The number of rotatable bonds is 4. The molecular formula is C17H20N2. The number of hydrogen-bond donors (Lipinski definition) is 0. The lowest BCUT2D eigenvalue weighted by atomic mass is 10.1. The minimum Gasteiger partial charge on any atom is -0.256 e. The van der Waals surface area contributed by atoms with Gasteiger partial charge in [0.1, 0.15) is 0 Å². The van der Waals surface area contributed by atoms with E-state index in [1.54, 1.807) is 0 Å². The quantitative estimate of drug-likeness (QED) is 0.739. The van der Waals surface area contributed by atoms with Crippen molar-refractivity contribution in [3.8, 4) is 0 Å². The van der Waals surface area contributed by atoms with Crippen molar-refractivity contribution < 1.29 is 0 Å². The highest BCUT2D eigenvalue weighted by Gasteiger charge is 2.00. The Bertz CT molecular complexity index is 571. The lowest BCUT2D eigenvalue weighted by Crippen LogP contribution is -1.95. The number of pyridine rings is 1. The SMILES string of the molecule is CC(CCc1ccccc1)=Nc1ccc(C)nc1C. The van der Waals surface area contributed by atoms with Gasteiger partial charge in [-0.25, -0.2) is 0 Å². The summed E-state index contributed by atoms with van der Waals surface area (Å²) in [6.45, 7) is 6.10. The highest BCUT2D eigenvalue weighted by molar-refractivity contribution is 5.85. The summed E-state index contributed by atoms with van der Waals surface area (Å²) in [6.07, 6.45) is 2.02. The molecule has 0 aliphatic carbocycles. The monoisotopic (exact) mass is 252 g/mol. The van der Waals surface area contributed by atoms with Crippen molar-refractivity contribution in [3.63, 3.8) is 0 Å². The predicted octanol–water partition coefficient (Wildman–Crippen LogP) is 4.42. The maximum Gasteiger partial charge on any atom is 0.0841 e. The van der Waals surface area contributed by atoms with Crippen molar-refractivity contribution in [2.45, 2.75) is 33.6 Å². The third-order valence-corrected chi connectivity index (χ3v) is 3.13. The van der Waals surface area contributed by atoms with Crippen molar-refractivity contribution in [3.05, 3.63) is 59.4 Å². The van der Waals surface area contributed by atoms with Crippen LogP contribution in [0.4, 0.5) is 5.69 Å². The molecule has 0 spiro atoms. The van der Waals surface area contributed by atoms with Gasteiger partial charge < -0.3 is 0 Å². The van der Waals surface area contributed by atoms with Gasteiger partial charge in [-0.05, 0) is 51.3 Å². The molecule has 1 heterocycles. The number of aryl methyl sites for hydroxylation is 3. The summed E-state index contributed by atoms with van der Waals surface area (Å²) in [5.74, 6) is 0. The van der Waals surface area contributed by atoms with Crippen molar-refractivity contribution in [2.75, 3.05) is 0 Å². The molecule has 2 rings (SSSR count). The molecule has 1 aromatic carbocycles. The number of nitrogens with zero attached hydrogens (tertiary/aromatic N) is 2. The third kappa shape index (κ3) is 4.02. The Balaban J connectivity index is 2.03. The van der Waals surface area contributed by atoms with Crippen LogP contribution in [-0.2, 0) is 6.42 Å². The minimum absolute atomic E-state index is 0.983. The molecule has 0 aliphatic rings. The van der Waals surface area contributed by atoms with E-state index >= 15 is 0 Å². The van der Waals surface area contributed by atoms with Gasteiger partial charge in [-0.15, -0.1) is 0 Å². The largest absolute Gasteiger partial charge is 0.256 e. The Hall–Kier alpha value is -1.96. The predicted molar refractivity (Wildman–Crippen MR) is 81.2 cm³/mol. The van der Waals surface area contributed by atoms with Crippen LogP contribution in [-0.4, -0.2) is 10.7 Å². The molecule has 0 bridgehead atoms. The van der Waals surface area contributed by atoms with E-state index < -0.39 is 0 Å². The average molecular weight is 252 g/mol.